The van der Waals surface area contributed by atoms with Gasteiger partial charge in [0.1, 0.15) is 0 Å². The van der Waals surface area contributed by atoms with E-state index in [1.165, 1.54) is 0 Å². The average Bonchev–Trinajstić information content (AvgIpc) is 2.93. The summed E-state index contributed by atoms with van der Waals surface area (Å²) in [6, 6.07) is 49.3. The van der Waals surface area contributed by atoms with E-state index >= 15 is 0 Å². The fourth-order valence-corrected chi connectivity index (χ4v) is 3.83. The Kier molecular flexibility index (Phi) is 6.50. The first-order valence-electron chi connectivity index (χ1n) is 11.4. The van der Waals surface area contributed by atoms with Crippen LogP contribution in [0.2, 0.25) is 0 Å². The number of hydrogen-bond donors (Lipinski definition) is 0. The summed E-state index contributed by atoms with van der Waals surface area (Å²) in [6.45, 7) is 0. The van der Waals surface area contributed by atoms with Gasteiger partial charge in [-0.25, -0.2) is 9.98 Å². The van der Waals surface area contributed by atoms with E-state index in [4.69, 9.17) is 9.98 Å². The lowest BCUT2D eigenvalue weighted by atomic mass is 10.0. The van der Waals surface area contributed by atoms with Crippen molar-refractivity contribution in [2.45, 2.75) is 0 Å². The van der Waals surface area contributed by atoms with Crippen molar-refractivity contribution in [1.82, 2.24) is 0 Å². The molecule has 0 spiro atoms. The van der Waals surface area contributed by atoms with E-state index in [1.807, 2.05) is 84.9 Å². The molecule has 5 aromatic rings. The lowest BCUT2D eigenvalue weighted by molar-refractivity contribution is 1.45. The second-order valence-electron chi connectivity index (χ2n) is 7.90. The van der Waals surface area contributed by atoms with Crippen molar-refractivity contribution in [1.29, 1.82) is 0 Å². The molecule has 0 saturated carbocycles. The van der Waals surface area contributed by atoms with E-state index in [2.05, 4.69) is 60.7 Å². The Morgan fingerprint density at radius 2 is 0.588 bits per heavy atom. The maximum atomic E-state index is 5.03. The Balaban J connectivity index is 1.55. The molecule has 162 valence electrons. The van der Waals surface area contributed by atoms with Crippen molar-refractivity contribution in [2.75, 3.05) is 0 Å². The summed E-state index contributed by atoms with van der Waals surface area (Å²) in [6.07, 6.45) is 0. The predicted molar refractivity (Wildman–Crippen MR) is 143 cm³/mol. The first-order chi connectivity index (χ1) is 16.9. The Morgan fingerprint density at radius 1 is 0.294 bits per heavy atom. The molecule has 0 radical (unpaired) electrons. The average molecular weight is 437 g/mol. The summed E-state index contributed by atoms with van der Waals surface area (Å²) in [5.41, 5.74) is 8.04. The van der Waals surface area contributed by atoms with Crippen LogP contribution in [0.1, 0.15) is 22.3 Å². The number of aliphatic imine (C=N–C) groups is 2. The van der Waals surface area contributed by atoms with Crippen molar-refractivity contribution in [3.63, 3.8) is 0 Å². The molecule has 34 heavy (non-hydrogen) atoms. The smallest absolute Gasteiger partial charge is 0.0781 e. The van der Waals surface area contributed by atoms with Crippen molar-refractivity contribution in [3.8, 4) is 0 Å². The molecule has 0 amide bonds. The largest absolute Gasteiger partial charge is 0.248 e. The van der Waals surface area contributed by atoms with Crippen LogP contribution in [0.4, 0.5) is 11.4 Å². The summed E-state index contributed by atoms with van der Waals surface area (Å²) in [5.74, 6) is 0. The van der Waals surface area contributed by atoms with E-state index in [1.54, 1.807) is 0 Å². The van der Waals surface area contributed by atoms with Gasteiger partial charge < -0.3 is 0 Å². The third-order valence-electron chi connectivity index (χ3n) is 5.52. The molecule has 0 fully saturated rings. The third-order valence-corrected chi connectivity index (χ3v) is 5.52. The second kappa shape index (κ2) is 10.4. The molecule has 0 N–H and O–H groups in total. The van der Waals surface area contributed by atoms with Gasteiger partial charge in [0.05, 0.1) is 22.8 Å². The van der Waals surface area contributed by atoms with E-state index in [0.717, 1.165) is 45.1 Å². The predicted octanol–water partition coefficient (Wildman–Crippen LogP) is 8.02. The fraction of sp³-hybridized carbons (Fsp3) is 0. The summed E-state index contributed by atoms with van der Waals surface area (Å²) in [4.78, 5) is 10.00. The minimum atomic E-state index is 0.901. The summed E-state index contributed by atoms with van der Waals surface area (Å²) < 4.78 is 0. The number of nitrogens with zero attached hydrogens (tertiary/aromatic N) is 2. The van der Waals surface area contributed by atoms with Gasteiger partial charge in [0, 0.05) is 22.3 Å². The normalized spacial score (nSPS) is 11.1. The molecule has 0 atom stereocenters. The lowest BCUT2D eigenvalue weighted by Crippen LogP contribution is -2.03. The van der Waals surface area contributed by atoms with Crippen LogP contribution in [0.15, 0.2) is 156 Å². The van der Waals surface area contributed by atoms with Gasteiger partial charge in [-0.2, -0.15) is 0 Å². The molecule has 0 unspecified atom stereocenters. The van der Waals surface area contributed by atoms with Crippen LogP contribution in [0.3, 0.4) is 0 Å². The molecule has 0 heterocycles. The molecule has 0 saturated heterocycles. The molecule has 0 aromatic heterocycles. The monoisotopic (exact) mass is 436 g/mol. The number of rotatable bonds is 6. The molecular formula is C32H24N2. The van der Waals surface area contributed by atoms with Crippen molar-refractivity contribution >= 4 is 22.8 Å². The highest BCUT2D eigenvalue weighted by molar-refractivity contribution is 6.15. The minimum absolute atomic E-state index is 0.901. The second-order valence-corrected chi connectivity index (χ2v) is 7.90. The van der Waals surface area contributed by atoms with Crippen LogP contribution < -0.4 is 0 Å². The van der Waals surface area contributed by atoms with Gasteiger partial charge in [-0.15, -0.1) is 0 Å². The van der Waals surface area contributed by atoms with Gasteiger partial charge in [0.2, 0.25) is 0 Å². The standard InChI is InChI=1S/C32H24N2/c1-5-13-25(14-6-1)31(26-15-7-2-8-16-26)34-30-23-21-28(22-24-30)32(27-17-9-3-10-18-27)33-29-19-11-4-12-20-29/h1-24H. The molecule has 0 bridgehead atoms. The van der Waals surface area contributed by atoms with Gasteiger partial charge in [0.15, 0.2) is 0 Å². The SMILES string of the molecule is c1ccc(N=C(c2ccccc2)c2ccc(N=C(c3ccccc3)c3ccccc3)cc2)cc1. The molecule has 2 nitrogen and oxygen atoms in total. The number of benzene rings is 5. The van der Waals surface area contributed by atoms with Crippen molar-refractivity contribution in [2.24, 2.45) is 9.98 Å². The maximum Gasteiger partial charge on any atom is 0.0781 e. The van der Waals surface area contributed by atoms with Gasteiger partial charge in [-0.05, 0) is 24.3 Å². The molecule has 0 aliphatic heterocycles. The third kappa shape index (κ3) is 5.08. The zero-order chi connectivity index (χ0) is 23.0. The Bertz CT molecular complexity index is 1350. The first kappa shape index (κ1) is 21.3. The Labute approximate surface area is 200 Å². The first-order valence-corrected chi connectivity index (χ1v) is 11.4. The summed E-state index contributed by atoms with van der Waals surface area (Å²) in [5, 5.41) is 0. The van der Waals surface area contributed by atoms with Crippen LogP contribution in [0, 0.1) is 0 Å². The molecule has 2 heteroatoms. The van der Waals surface area contributed by atoms with Gasteiger partial charge in [-0.3, -0.25) is 0 Å². The molecular weight excluding hydrogens is 412 g/mol. The van der Waals surface area contributed by atoms with Crippen molar-refractivity contribution in [3.05, 3.63) is 168 Å². The van der Waals surface area contributed by atoms with E-state index < -0.39 is 0 Å². The Hall–Kier alpha value is -4.56. The highest BCUT2D eigenvalue weighted by atomic mass is 14.8. The topological polar surface area (TPSA) is 24.7 Å². The van der Waals surface area contributed by atoms with Crippen LogP contribution in [0.25, 0.3) is 0 Å². The highest BCUT2D eigenvalue weighted by Crippen LogP contribution is 2.22. The lowest BCUT2D eigenvalue weighted by Gasteiger charge is -2.10. The van der Waals surface area contributed by atoms with Crippen LogP contribution in [-0.4, -0.2) is 11.4 Å². The fourth-order valence-electron chi connectivity index (χ4n) is 3.83. The van der Waals surface area contributed by atoms with E-state index in [9.17, 15) is 0 Å². The zero-order valence-electron chi connectivity index (χ0n) is 18.8. The quantitative estimate of drug-likeness (QED) is 0.241. The van der Waals surface area contributed by atoms with Gasteiger partial charge in [0.25, 0.3) is 0 Å². The number of hydrogen-bond acceptors (Lipinski definition) is 2. The van der Waals surface area contributed by atoms with Gasteiger partial charge >= 0.3 is 0 Å². The van der Waals surface area contributed by atoms with Crippen LogP contribution in [-0.2, 0) is 0 Å². The van der Waals surface area contributed by atoms with Crippen molar-refractivity contribution < 1.29 is 0 Å². The molecule has 5 aromatic carbocycles. The maximum absolute atomic E-state index is 5.03. The number of para-hydroxylation sites is 1. The van der Waals surface area contributed by atoms with Gasteiger partial charge in [-0.1, -0.05) is 121 Å². The molecule has 0 aliphatic rings. The van der Waals surface area contributed by atoms with Crippen LogP contribution >= 0.6 is 0 Å². The van der Waals surface area contributed by atoms with E-state index in [-0.39, 0.29) is 0 Å². The van der Waals surface area contributed by atoms with E-state index in [0.29, 0.717) is 0 Å². The zero-order valence-corrected chi connectivity index (χ0v) is 18.8. The molecule has 0 aliphatic carbocycles. The molecule has 5 rings (SSSR count). The van der Waals surface area contributed by atoms with Crippen LogP contribution in [0.5, 0.6) is 0 Å². The summed E-state index contributed by atoms with van der Waals surface area (Å²) >= 11 is 0. The highest BCUT2D eigenvalue weighted by Gasteiger charge is 2.09. The summed E-state index contributed by atoms with van der Waals surface area (Å²) in [7, 11) is 0. The Morgan fingerprint density at radius 3 is 0.971 bits per heavy atom. The minimum Gasteiger partial charge on any atom is -0.248 e.